The van der Waals surface area contributed by atoms with Crippen molar-refractivity contribution in [1.82, 2.24) is 4.90 Å². The molecule has 1 heterocycles. The molecule has 1 aliphatic heterocycles. The number of rotatable bonds is 4. The third-order valence-electron chi connectivity index (χ3n) is 4.45. The Labute approximate surface area is 152 Å². The summed E-state index contributed by atoms with van der Waals surface area (Å²) in [6, 6.07) is 11.5. The summed E-state index contributed by atoms with van der Waals surface area (Å²) in [7, 11) is 0. The number of hydrogen-bond donors (Lipinski definition) is 2. The topological polar surface area (TPSA) is 61.4 Å². The smallest absolute Gasteiger partial charge is 0.258 e. The number of halogens is 1. The highest BCUT2D eigenvalue weighted by Gasteiger charge is 2.37. The Bertz CT molecular complexity index is 864. The van der Waals surface area contributed by atoms with E-state index in [4.69, 9.17) is 0 Å². The van der Waals surface area contributed by atoms with Crippen molar-refractivity contribution in [2.45, 2.75) is 39.4 Å². The van der Waals surface area contributed by atoms with E-state index >= 15 is 0 Å². The summed E-state index contributed by atoms with van der Waals surface area (Å²) in [6.45, 7) is 5.85. The lowest BCUT2D eigenvalue weighted by Crippen LogP contribution is -2.55. The van der Waals surface area contributed by atoms with Crippen LogP contribution >= 0.6 is 0 Å². The standard InChI is InChI=1S/C20H22FN3O2/c1-4-18(25)22-15-8-9-17-16(11-15)19(26)24(20(2,3)23-17)12-13-6-5-7-14(21)10-13/h5-11,23H,4,12H2,1-3H3,(H,22,25). The first-order valence-corrected chi connectivity index (χ1v) is 8.58. The average Bonchev–Trinajstić information content (AvgIpc) is 2.59. The van der Waals surface area contributed by atoms with Crippen molar-refractivity contribution in [3.8, 4) is 0 Å². The normalized spacial score (nSPS) is 15.2. The number of hydrogen-bond acceptors (Lipinski definition) is 3. The molecular weight excluding hydrogens is 333 g/mol. The predicted molar refractivity (Wildman–Crippen MR) is 99.3 cm³/mol. The fourth-order valence-electron chi connectivity index (χ4n) is 3.04. The summed E-state index contributed by atoms with van der Waals surface area (Å²) in [5, 5.41) is 6.11. The molecule has 0 atom stereocenters. The van der Waals surface area contributed by atoms with Crippen LogP contribution < -0.4 is 10.6 Å². The molecule has 0 spiro atoms. The second-order valence-corrected chi connectivity index (χ2v) is 6.87. The highest BCUT2D eigenvalue weighted by molar-refractivity contribution is 6.04. The molecule has 6 heteroatoms. The van der Waals surface area contributed by atoms with Gasteiger partial charge in [-0.3, -0.25) is 9.59 Å². The molecule has 2 aromatic rings. The SMILES string of the molecule is CCC(=O)Nc1ccc2c(c1)C(=O)N(Cc1cccc(F)c1)C(C)(C)N2. The van der Waals surface area contributed by atoms with Crippen LogP contribution in [0.2, 0.25) is 0 Å². The molecule has 0 aromatic heterocycles. The lowest BCUT2D eigenvalue weighted by Gasteiger charge is -2.44. The van der Waals surface area contributed by atoms with Crippen LogP contribution in [0.5, 0.6) is 0 Å². The molecule has 0 saturated heterocycles. The Balaban J connectivity index is 1.93. The lowest BCUT2D eigenvalue weighted by atomic mass is 10.00. The van der Waals surface area contributed by atoms with E-state index in [0.717, 1.165) is 0 Å². The van der Waals surface area contributed by atoms with E-state index in [1.807, 2.05) is 13.8 Å². The molecule has 26 heavy (non-hydrogen) atoms. The molecule has 3 rings (SSSR count). The molecule has 0 bridgehead atoms. The summed E-state index contributed by atoms with van der Waals surface area (Å²) in [5.74, 6) is -0.610. The summed E-state index contributed by atoms with van der Waals surface area (Å²) >= 11 is 0. The Hall–Kier alpha value is -2.89. The van der Waals surface area contributed by atoms with Crippen molar-refractivity contribution in [1.29, 1.82) is 0 Å². The molecule has 2 aromatic carbocycles. The molecule has 0 unspecified atom stereocenters. The van der Waals surface area contributed by atoms with Crippen LogP contribution in [-0.2, 0) is 11.3 Å². The Morgan fingerprint density at radius 2 is 2.00 bits per heavy atom. The van der Waals surface area contributed by atoms with Gasteiger partial charge < -0.3 is 15.5 Å². The van der Waals surface area contributed by atoms with E-state index in [-0.39, 0.29) is 24.2 Å². The number of benzene rings is 2. The van der Waals surface area contributed by atoms with Crippen molar-refractivity contribution in [3.63, 3.8) is 0 Å². The Morgan fingerprint density at radius 3 is 2.69 bits per heavy atom. The highest BCUT2D eigenvalue weighted by Crippen LogP contribution is 2.33. The summed E-state index contributed by atoms with van der Waals surface area (Å²) in [4.78, 5) is 26.4. The van der Waals surface area contributed by atoms with E-state index in [2.05, 4.69) is 10.6 Å². The average molecular weight is 355 g/mol. The second kappa shape index (κ2) is 6.78. The Kier molecular flexibility index (Phi) is 4.68. The maximum atomic E-state index is 13.5. The monoisotopic (exact) mass is 355 g/mol. The number of anilines is 2. The van der Waals surface area contributed by atoms with Gasteiger partial charge in [-0.25, -0.2) is 4.39 Å². The van der Waals surface area contributed by atoms with Gasteiger partial charge in [0.1, 0.15) is 11.5 Å². The number of fused-ring (bicyclic) bond motifs is 1. The zero-order valence-corrected chi connectivity index (χ0v) is 15.1. The number of carbonyl (C=O) groups excluding carboxylic acids is 2. The summed E-state index contributed by atoms with van der Waals surface area (Å²) in [6.07, 6.45) is 0.363. The first-order chi connectivity index (χ1) is 12.3. The van der Waals surface area contributed by atoms with E-state index in [0.29, 0.717) is 28.9 Å². The Morgan fingerprint density at radius 1 is 1.23 bits per heavy atom. The van der Waals surface area contributed by atoms with E-state index < -0.39 is 5.66 Å². The van der Waals surface area contributed by atoms with Gasteiger partial charge in [0.2, 0.25) is 5.91 Å². The van der Waals surface area contributed by atoms with Gasteiger partial charge in [0.25, 0.3) is 5.91 Å². The van der Waals surface area contributed by atoms with Gasteiger partial charge in [-0.15, -0.1) is 0 Å². The molecular formula is C20H22FN3O2. The highest BCUT2D eigenvalue weighted by atomic mass is 19.1. The maximum absolute atomic E-state index is 13.5. The van der Waals surface area contributed by atoms with Crippen molar-refractivity contribution < 1.29 is 14.0 Å². The minimum atomic E-state index is -0.634. The lowest BCUT2D eigenvalue weighted by molar-refractivity contribution is -0.115. The second-order valence-electron chi connectivity index (χ2n) is 6.87. The van der Waals surface area contributed by atoms with E-state index in [9.17, 15) is 14.0 Å². The van der Waals surface area contributed by atoms with Crippen LogP contribution in [-0.4, -0.2) is 22.4 Å². The van der Waals surface area contributed by atoms with Crippen LogP contribution in [0.3, 0.4) is 0 Å². The molecule has 2 amide bonds. The van der Waals surface area contributed by atoms with Crippen molar-refractivity contribution >= 4 is 23.2 Å². The van der Waals surface area contributed by atoms with Gasteiger partial charge in [0.15, 0.2) is 0 Å². The maximum Gasteiger partial charge on any atom is 0.258 e. The van der Waals surface area contributed by atoms with Crippen LogP contribution in [0, 0.1) is 5.82 Å². The molecule has 0 fully saturated rings. The van der Waals surface area contributed by atoms with Gasteiger partial charge in [0, 0.05) is 24.3 Å². The van der Waals surface area contributed by atoms with Gasteiger partial charge >= 0.3 is 0 Å². The van der Waals surface area contributed by atoms with Crippen LogP contribution in [0.15, 0.2) is 42.5 Å². The minimum absolute atomic E-state index is 0.113. The first-order valence-electron chi connectivity index (χ1n) is 8.58. The zero-order chi connectivity index (χ0) is 18.9. The predicted octanol–water partition coefficient (Wildman–Crippen LogP) is 3.98. The van der Waals surface area contributed by atoms with Crippen molar-refractivity contribution in [3.05, 3.63) is 59.4 Å². The number of nitrogens with one attached hydrogen (secondary N) is 2. The third kappa shape index (κ3) is 3.54. The van der Waals surface area contributed by atoms with Gasteiger partial charge in [0.05, 0.1) is 5.56 Å². The van der Waals surface area contributed by atoms with Crippen LogP contribution in [0.4, 0.5) is 15.8 Å². The fourth-order valence-corrected chi connectivity index (χ4v) is 3.04. The number of amides is 2. The third-order valence-corrected chi connectivity index (χ3v) is 4.45. The van der Waals surface area contributed by atoms with Crippen molar-refractivity contribution in [2.24, 2.45) is 0 Å². The summed E-state index contributed by atoms with van der Waals surface area (Å²) < 4.78 is 13.5. The molecule has 0 saturated carbocycles. The molecule has 0 aliphatic carbocycles. The zero-order valence-electron chi connectivity index (χ0n) is 15.1. The molecule has 5 nitrogen and oxygen atoms in total. The molecule has 2 N–H and O–H groups in total. The van der Waals surface area contributed by atoms with Gasteiger partial charge in [-0.2, -0.15) is 0 Å². The van der Waals surface area contributed by atoms with Crippen LogP contribution in [0.25, 0.3) is 0 Å². The molecule has 136 valence electrons. The first kappa shape index (κ1) is 17.9. The quantitative estimate of drug-likeness (QED) is 0.872. The van der Waals surface area contributed by atoms with Gasteiger partial charge in [-0.05, 0) is 49.7 Å². The largest absolute Gasteiger partial charge is 0.362 e. The number of carbonyl (C=O) groups is 2. The van der Waals surface area contributed by atoms with Crippen LogP contribution in [0.1, 0.15) is 43.1 Å². The molecule has 1 aliphatic rings. The van der Waals surface area contributed by atoms with E-state index in [1.165, 1.54) is 12.1 Å². The van der Waals surface area contributed by atoms with E-state index in [1.54, 1.807) is 42.2 Å². The molecule has 0 radical (unpaired) electrons. The fraction of sp³-hybridized carbons (Fsp3) is 0.300. The van der Waals surface area contributed by atoms with Gasteiger partial charge in [-0.1, -0.05) is 19.1 Å². The summed E-state index contributed by atoms with van der Waals surface area (Å²) in [5.41, 5.74) is 1.85. The van der Waals surface area contributed by atoms with Crippen molar-refractivity contribution in [2.75, 3.05) is 10.6 Å². The minimum Gasteiger partial charge on any atom is -0.362 e. The number of nitrogens with zero attached hydrogens (tertiary/aromatic N) is 1.